The van der Waals surface area contributed by atoms with E-state index in [9.17, 15) is 19.2 Å². The maximum atomic E-state index is 14.8. The Bertz CT molecular complexity index is 2460. The van der Waals surface area contributed by atoms with Crippen LogP contribution in [0.4, 0.5) is 10.5 Å². The second-order valence-electron chi connectivity index (χ2n) is 14.8. The summed E-state index contributed by atoms with van der Waals surface area (Å²) in [4.78, 5) is 67.4. The standard InChI is InChI=1S/C47H45ClN6O7/c48-34-21-18-32(19-22-34)28-59-36-25-40(54(27-36)45(57)39(23-20-30-10-3-1-4-11-30)53-47(58)60-29-31-12-5-2-6-13-31)41(55)26-37(33-14-9-15-35(24-33)51-46(49)50)43(56)44-52-38-16-7-8-17-42(38)61-44/h1-19,21-22,24,36-37,39-40H,20,23,25-29H2,(H,53,58)(H4,49,50,51)/t36-,37?,39-,40+/m1/s1. The molecule has 1 aliphatic heterocycles. The highest BCUT2D eigenvalue weighted by Crippen LogP contribution is 2.33. The number of ether oxygens (including phenoxy) is 2. The molecule has 6 aromatic rings. The van der Waals surface area contributed by atoms with Gasteiger partial charge in [-0.15, -0.1) is 0 Å². The topological polar surface area (TPSA) is 192 Å². The number of likely N-dealkylation sites (tertiary alicyclic amines) is 1. The number of alkyl carbamates (subject to hydrolysis) is 1. The van der Waals surface area contributed by atoms with E-state index >= 15 is 0 Å². The number of aliphatic imine (C=N–C) groups is 1. The van der Waals surface area contributed by atoms with Gasteiger partial charge in [0.25, 0.3) is 5.89 Å². The molecule has 1 aliphatic rings. The van der Waals surface area contributed by atoms with E-state index in [0.717, 1.165) is 16.7 Å². The molecule has 2 amide bonds. The first-order valence-corrected chi connectivity index (χ1v) is 20.3. The van der Waals surface area contributed by atoms with E-state index < -0.39 is 47.7 Å². The summed E-state index contributed by atoms with van der Waals surface area (Å²) >= 11 is 6.11. The van der Waals surface area contributed by atoms with E-state index in [-0.39, 0.29) is 50.9 Å². The molecule has 0 aliphatic carbocycles. The molecule has 0 spiro atoms. The summed E-state index contributed by atoms with van der Waals surface area (Å²) in [5.74, 6) is -2.88. The number of fused-ring (bicyclic) bond motifs is 1. The number of hydrogen-bond donors (Lipinski definition) is 3. The van der Waals surface area contributed by atoms with Crippen LogP contribution in [0.3, 0.4) is 0 Å². The van der Waals surface area contributed by atoms with Crippen LogP contribution in [0.2, 0.25) is 5.02 Å². The van der Waals surface area contributed by atoms with Gasteiger partial charge in [0.15, 0.2) is 17.3 Å². The Morgan fingerprint density at radius 3 is 2.25 bits per heavy atom. The van der Waals surface area contributed by atoms with Gasteiger partial charge in [0, 0.05) is 24.4 Å². The summed E-state index contributed by atoms with van der Waals surface area (Å²) in [6.07, 6.45) is -0.871. The Kier molecular flexibility index (Phi) is 13.8. The highest BCUT2D eigenvalue weighted by molar-refractivity contribution is 6.30. The number of para-hydroxylation sites is 2. The highest BCUT2D eigenvalue weighted by atomic mass is 35.5. The number of Topliss-reactive ketones (excluding diaryl/α,β-unsaturated/α-hetero) is 2. The molecule has 13 nitrogen and oxygen atoms in total. The number of nitrogens with zero attached hydrogens (tertiary/aromatic N) is 3. The largest absolute Gasteiger partial charge is 0.445 e. The Morgan fingerprint density at radius 2 is 1.52 bits per heavy atom. The molecule has 5 aromatic carbocycles. The van der Waals surface area contributed by atoms with Gasteiger partial charge in [0.05, 0.1) is 30.4 Å². The predicted molar refractivity (Wildman–Crippen MR) is 231 cm³/mol. The Morgan fingerprint density at radius 1 is 0.836 bits per heavy atom. The number of amides is 2. The fourth-order valence-corrected chi connectivity index (χ4v) is 7.49. The van der Waals surface area contributed by atoms with Crippen molar-refractivity contribution in [3.63, 3.8) is 0 Å². The normalized spacial score (nSPS) is 15.8. The molecule has 0 bridgehead atoms. The van der Waals surface area contributed by atoms with E-state index in [0.29, 0.717) is 33.8 Å². The first kappa shape index (κ1) is 42.3. The zero-order chi connectivity index (χ0) is 42.7. The van der Waals surface area contributed by atoms with Crippen molar-refractivity contribution in [2.24, 2.45) is 16.5 Å². The molecular weight excluding hydrogens is 796 g/mol. The average molecular weight is 841 g/mol. The number of nitrogens with two attached hydrogens (primary N) is 2. The van der Waals surface area contributed by atoms with Crippen molar-refractivity contribution in [3.8, 4) is 0 Å². The number of aryl methyl sites for hydroxylation is 1. The minimum Gasteiger partial charge on any atom is -0.445 e. The number of rotatable bonds is 17. The van der Waals surface area contributed by atoms with Gasteiger partial charge >= 0.3 is 6.09 Å². The van der Waals surface area contributed by atoms with Gasteiger partial charge in [0.2, 0.25) is 11.7 Å². The Hall–Kier alpha value is -6.83. The van der Waals surface area contributed by atoms with Crippen LogP contribution in [-0.4, -0.2) is 64.1 Å². The maximum absolute atomic E-state index is 14.8. The zero-order valence-electron chi connectivity index (χ0n) is 33.2. The summed E-state index contributed by atoms with van der Waals surface area (Å²) in [5.41, 5.74) is 15.7. The zero-order valence-corrected chi connectivity index (χ0v) is 33.9. The number of aromatic nitrogens is 1. The number of guanidine groups is 1. The average Bonchev–Trinajstić information content (AvgIpc) is 3.91. The van der Waals surface area contributed by atoms with Crippen LogP contribution in [0.5, 0.6) is 0 Å². The van der Waals surface area contributed by atoms with E-state index in [1.807, 2.05) is 72.8 Å². The number of hydrogen-bond acceptors (Lipinski definition) is 9. The molecule has 2 heterocycles. The molecule has 0 radical (unpaired) electrons. The predicted octanol–water partition coefficient (Wildman–Crippen LogP) is 7.43. The Labute approximate surface area is 357 Å². The molecule has 312 valence electrons. The molecule has 0 saturated carbocycles. The molecule has 14 heteroatoms. The molecule has 5 N–H and O–H groups in total. The minimum atomic E-state index is -1.10. The molecule has 4 atom stereocenters. The van der Waals surface area contributed by atoms with E-state index in [1.165, 1.54) is 4.90 Å². The van der Waals surface area contributed by atoms with Gasteiger partial charge in [0.1, 0.15) is 18.2 Å². The van der Waals surface area contributed by atoms with Crippen LogP contribution in [0.1, 0.15) is 58.1 Å². The highest BCUT2D eigenvalue weighted by Gasteiger charge is 2.44. The molecule has 1 saturated heterocycles. The van der Waals surface area contributed by atoms with E-state index in [1.54, 1.807) is 60.7 Å². The monoisotopic (exact) mass is 840 g/mol. The second-order valence-corrected chi connectivity index (χ2v) is 15.2. The molecule has 1 unspecified atom stereocenters. The molecule has 7 rings (SSSR count). The number of nitrogens with one attached hydrogen (secondary N) is 1. The minimum absolute atomic E-state index is 0.00239. The van der Waals surface area contributed by atoms with Crippen LogP contribution in [0.15, 0.2) is 143 Å². The lowest BCUT2D eigenvalue weighted by Gasteiger charge is -2.29. The van der Waals surface area contributed by atoms with Gasteiger partial charge in [-0.25, -0.2) is 14.8 Å². The van der Waals surface area contributed by atoms with Crippen molar-refractivity contribution < 1.29 is 33.1 Å². The third-order valence-electron chi connectivity index (χ3n) is 10.4. The van der Waals surface area contributed by atoms with E-state index in [4.69, 9.17) is 37.0 Å². The molecule has 61 heavy (non-hydrogen) atoms. The van der Waals surface area contributed by atoms with Crippen LogP contribution in [-0.2, 0) is 38.7 Å². The SMILES string of the molecule is NC(N)=Nc1cccc(C(CC(=O)[C@@H]2C[C@@H](OCc3ccc(Cl)cc3)CN2C(=O)[C@@H](CCc2ccccc2)NC(=O)OCc2ccccc2)C(=O)c2nc3ccccc3o2)c1. The first-order chi connectivity index (χ1) is 29.6. The third kappa shape index (κ3) is 11.3. The van der Waals surface area contributed by atoms with Crippen molar-refractivity contribution in [2.45, 2.75) is 63.0 Å². The summed E-state index contributed by atoms with van der Waals surface area (Å²) in [5, 5.41) is 3.37. The lowest BCUT2D eigenvalue weighted by atomic mass is 9.87. The lowest BCUT2D eigenvalue weighted by Crippen LogP contribution is -2.52. The van der Waals surface area contributed by atoms with Crippen molar-refractivity contribution in [1.29, 1.82) is 0 Å². The van der Waals surface area contributed by atoms with Crippen LogP contribution >= 0.6 is 11.6 Å². The summed E-state index contributed by atoms with van der Waals surface area (Å²) in [6.45, 7) is 0.245. The number of halogens is 1. The Balaban J connectivity index is 1.18. The first-order valence-electron chi connectivity index (χ1n) is 19.9. The maximum Gasteiger partial charge on any atom is 0.408 e. The van der Waals surface area contributed by atoms with Crippen LogP contribution in [0, 0.1) is 0 Å². The fourth-order valence-electron chi connectivity index (χ4n) is 7.37. The van der Waals surface area contributed by atoms with E-state index in [2.05, 4.69) is 15.3 Å². The third-order valence-corrected chi connectivity index (χ3v) is 10.7. The number of ketones is 2. The summed E-state index contributed by atoms with van der Waals surface area (Å²) in [6, 6.07) is 37.5. The number of oxazole rings is 1. The summed E-state index contributed by atoms with van der Waals surface area (Å²) in [7, 11) is 0. The van der Waals surface area contributed by atoms with Gasteiger partial charge in [-0.1, -0.05) is 109 Å². The lowest BCUT2D eigenvalue weighted by molar-refractivity contribution is -0.139. The van der Waals surface area contributed by atoms with Gasteiger partial charge in [-0.3, -0.25) is 14.4 Å². The van der Waals surface area contributed by atoms with Crippen molar-refractivity contribution in [1.82, 2.24) is 15.2 Å². The molecular formula is C47H45ClN6O7. The van der Waals surface area contributed by atoms with Crippen molar-refractivity contribution >= 4 is 57.9 Å². The van der Waals surface area contributed by atoms with Gasteiger partial charge in [-0.05, 0) is 71.5 Å². The smallest absolute Gasteiger partial charge is 0.408 e. The second kappa shape index (κ2) is 19.9. The van der Waals surface area contributed by atoms with Crippen LogP contribution in [0.25, 0.3) is 11.1 Å². The van der Waals surface area contributed by atoms with Gasteiger partial charge in [-0.2, -0.15) is 0 Å². The number of carbonyl (C=O) groups is 4. The quantitative estimate of drug-likeness (QED) is 0.0473. The number of carbonyl (C=O) groups excluding carboxylic acids is 4. The van der Waals surface area contributed by atoms with Crippen LogP contribution < -0.4 is 16.8 Å². The van der Waals surface area contributed by atoms with Crippen molar-refractivity contribution in [3.05, 3.63) is 167 Å². The molecule has 1 aromatic heterocycles. The van der Waals surface area contributed by atoms with Gasteiger partial charge < -0.3 is 35.6 Å². The fraction of sp³-hybridized carbons (Fsp3) is 0.234. The number of benzene rings is 5. The molecule has 1 fully saturated rings. The summed E-state index contributed by atoms with van der Waals surface area (Å²) < 4.78 is 17.8. The van der Waals surface area contributed by atoms with Crippen molar-refractivity contribution in [2.75, 3.05) is 6.54 Å².